The minimum atomic E-state index is -1.03. The molecule has 5 nitrogen and oxygen atoms in total. The fourth-order valence-electron chi connectivity index (χ4n) is 4.47. The van der Waals surface area contributed by atoms with Gasteiger partial charge in [-0.25, -0.2) is 9.59 Å². The normalized spacial score (nSPS) is 16.8. The van der Waals surface area contributed by atoms with Crippen LogP contribution in [0.25, 0.3) is 11.1 Å². The number of anilines is 1. The summed E-state index contributed by atoms with van der Waals surface area (Å²) in [6.45, 7) is 0.165. The zero-order valence-corrected chi connectivity index (χ0v) is 15.6. The largest absolute Gasteiger partial charge is 0.480 e. The number of carboxylic acid groups (broad SMARTS) is 1. The summed E-state index contributed by atoms with van der Waals surface area (Å²) < 4.78 is 5.68. The Kier molecular flexibility index (Phi) is 4.09. The number of ether oxygens (including phenoxy) is 1. The third-order valence-electron chi connectivity index (χ3n) is 5.79. The van der Waals surface area contributed by atoms with Crippen molar-refractivity contribution in [3.8, 4) is 11.1 Å². The number of carbonyl (C=O) groups excluding carboxylic acids is 1. The molecular formula is C24H19NO4. The molecule has 3 aromatic carbocycles. The van der Waals surface area contributed by atoms with Crippen LogP contribution in [0.4, 0.5) is 10.5 Å². The SMILES string of the molecule is O=C(O)[C@@H]1Cc2ccccc2N1C(=O)OCC1c2ccccc2-c2ccccc21. The summed E-state index contributed by atoms with van der Waals surface area (Å²) in [7, 11) is 0. The number of carboxylic acids is 1. The number of amides is 1. The monoisotopic (exact) mass is 385 g/mol. The van der Waals surface area contributed by atoms with E-state index in [0.717, 1.165) is 27.8 Å². The van der Waals surface area contributed by atoms with Crippen LogP contribution in [0.3, 0.4) is 0 Å². The number of nitrogens with zero attached hydrogens (tertiary/aromatic N) is 1. The molecule has 144 valence electrons. The third-order valence-corrected chi connectivity index (χ3v) is 5.79. The number of benzene rings is 3. The van der Waals surface area contributed by atoms with Crippen LogP contribution in [0, 0.1) is 0 Å². The lowest BCUT2D eigenvalue weighted by molar-refractivity contribution is -0.138. The molecule has 2 aliphatic rings. The number of hydrogen-bond acceptors (Lipinski definition) is 3. The Balaban J connectivity index is 1.42. The quantitative estimate of drug-likeness (QED) is 0.723. The first-order valence-electron chi connectivity index (χ1n) is 9.60. The van der Waals surface area contributed by atoms with Crippen LogP contribution in [0.15, 0.2) is 72.8 Å². The summed E-state index contributed by atoms with van der Waals surface area (Å²) in [5.74, 6) is -1.10. The fourth-order valence-corrected chi connectivity index (χ4v) is 4.47. The lowest BCUT2D eigenvalue weighted by Crippen LogP contribution is -2.43. The van der Waals surface area contributed by atoms with Gasteiger partial charge in [0.05, 0.1) is 5.69 Å². The van der Waals surface area contributed by atoms with Crippen molar-refractivity contribution in [2.24, 2.45) is 0 Å². The highest BCUT2D eigenvalue weighted by molar-refractivity contribution is 5.98. The van der Waals surface area contributed by atoms with Crippen LogP contribution in [0.2, 0.25) is 0 Å². The third kappa shape index (κ3) is 2.78. The minimum Gasteiger partial charge on any atom is -0.480 e. The summed E-state index contributed by atoms with van der Waals surface area (Å²) in [5, 5.41) is 9.60. The lowest BCUT2D eigenvalue weighted by atomic mass is 9.98. The number of aliphatic carboxylic acids is 1. The van der Waals surface area contributed by atoms with Crippen molar-refractivity contribution in [1.82, 2.24) is 0 Å². The molecule has 0 saturated heterocycles. The van der Waals surface area contributed by atoms with Crippen LogP contribution in [-0.2, 0) is 16.0 Å². The molecule has 0 fully saturated rings. The van der Waals surface area contributed by atoms with Gasteiger partial charge < -0.3 is 9.84 Å². The predicted octanol–water partition coefficient (Wildman–Crippen LogP) is 4.45. The van der Waals surface area contributed by atoms with Gasteiger partial charge in [-0.1, -0.05) is 66.7 Å². The van der Waals surface area contributed by atoms with E-state index in [2.05, 4.69) is 24.3 Å². The average Bonchev–Trinajstić information content (AvgIpc) is 3.29. The van der Waals surface area contributed by atoms with Gasteiger partial charge in [0.1, 0.15) is 12.6 Å². The lowest BCUT2D eigenvalue weighted by Gasteiger charge is -2.23. The van der Waals surface area contributed by atoms with Gasteiger partial charge in [-0.15, -0.1) is 0 Å². The number of hydrogen-bond donors (Lipinski definition) is 1. The van der Waals surface area contributed by atoms with Gasteiger partial charge in [0.2, 0.25) is 0 Å². The van der Waals surface area contributed by atoms with E-state index in [9.17, 15) is 14.7 Å². The first-order chi connectivity index (χ1) is 14.1. The molecule has 3 aromatic rings. The molecule has 0 aromatic heterocycles. The van der Waals surface area contributed by atoms with E-state index in [4.69, 9.17) is 4.74 Å². The van der Waals surface area contributed by atoms with Crippen LogP contribution < -0.4 is 4.90 Å². The fraction of sp³-hybridized carbons (Fsp3) is 0.167. The van der Waals surface area contributed by atoms with Crippen molar-refractivity contribution in [2.45, 2.75) is 18.4 Å². The minimum absolute atomic E-state index is 0.0625. The topological polar surface area (TPSA) is 66.8 Å². The number of para-hydroxylation sites is 1. The Morgan fingerprint density at radius 3 is 2.14 bits per heavy atom. The van der Waals surface area contributed by atoms with Crippen LogP contribution in [0.1, 0.15) is 22.6 Å². The van der Waals surface area contributed by atoms with Gasteiger partial charge in [-0.05, 0) is 33.9 Å². The highest BCUT2D eigenvalue weighted by Crippen LogP contribution is 2.44. The van der Waals surface area contributed by atoms with E-state index in [0.29, 0.717) is 5.69 Å². The van der Waals surface area contributed by atoms with Crippen molar-refractivity contribution in [1.29, 1.82) is 0 Å². The molecule has 5 heteroatoms. The second-order valence-corrected chi connectivity index (χ2v) is 7.36. The van der Waals surface area contributed by atoms with Crippen molar-refractivity contribution in [3.05, 3.63) is 89.5 Å². The van der Waals surface area contributed by atoms with Crippen LogP contribution in [-0.4, -0.2) is 29.8 Å². The Labute approximate surface area is 168 Å². The highest BCUT2D eigenvalue weighted by Gasteiger charge is 2.40. The van der Waals surface area contributed by atoms with E-state index in [-0.39, 0.29) is 18.9 Å². The molecule has 29 heavy (non-hydrogen) atoms. The molecule has 1 aliphatic carbocycles. The van der Waals surface area contributed by atoms with Crippen LogP contribution in [0.5, 0.6) is 0 Å². The molecule has 5 rings (SSSR count). The number of rotatable bonds is 3. The first-order valence-corrected chi connectivity index (χ1v) is 9.60. The summed E-state index contributed by atoms with van der Waals surface area (Å²) in [6.07, 6.45) is -0.334. The number of carbonyl (C=O) groups is 2. The van der Waals surface area contributed by atoms with Gasteiger partial charge in [0.25, 0.3) is 0 Å². The molecule has 1 amide bonds. The van der Waals surface area contributed by atoms with E-state index in [1.165, 1.54) is 4.90 Å². The maximum absolute atomic E-state index is 12.9. The molecule has 0 unspecified atom stereocenters. The number of fused-ring (bicyclic) bond motifs is 4. The zero-order chi connectivity index (χ0) is 20.0. The first kappa shape index (κ1) is 17.5. The highest BCUT2D eigenvalue weighted by atomic mass is 16.6. The van der Waals surface area contributed by atoms with Crippen molar-refractivity contribution in [3.63, 3.8) is 0 Å². The standard InChI is InChI=1S/C24H19NO4/c26-23(27)22-13-15-7-1-6-12-21(15)25(22)24(28)29-14-20-18-10-4-2-8-16(18)17-9-3-5-11-19(17)20/h1-12,20,22H,13-14H2,(H,26,27)/t22-/m0/s1. The summed E-state index contributed by atoms with van der Waals surface area (Å²) in [6, 6.07) is 22.5. The van der Waals surface area contributed by atoms with E-state index < -0.39 is 18.1 Å². The second-order valence-electron chi connectivity index (χ2n) is 7.36. The Bertz CT molecular complexity index is 1080. The average molecular weight is 385 g/mol. The maximum atomic E-state index is 12.9. The zero-order valence-electron chi connectivity index (χ0n) is 15.6. The Morgan fingerprint density at radius 1 is 0.897 bits per heavy atom. The molecular weight excluding hydrogens is 366 g/mol. The molecule has 1 heterocycles. The Hall–Kier alpha value is -3.60. The molecule has 1 atom stereocenters. The van der Waals surface area contributed by atoms with Gasteiger partial charge in [-0.3, -0.25) is 4.90 Å². The Morgan fingerprint density at radius 2 is 1.48 bits per heavy atom. The molecule has 0 saturated carbocycles. The van der Waals surface area contributed by atoms with E-state index in [1.807, 2.05) is 36.4 Å². The smallest absolute Gasteiger partial charge is 0.415 e. The van der Waals surface area contributed by atoms with Crippen LogP contribution >= 0.6 is 0 Å². The second kappa shape index (κ2) is 6.78. The summed E-state index contributed by atoms with van der Waals surface area (Å²) in [4.78, 5) is 25.9. The molecule has 0 radical (unpaired) electrons. The van der Waals surface area contributed by atoms with E-state index >= 15 is 0 Å². The predicted molar refractivity (Wildman–Crippen MR) is 109 cm³/mol. The molecule has 1 aliphatic heterocycles. The van der Waals surface area contributed by atoms with E-state index in [1.54, 1.807) is 12.1 Å². The molecule has 1 N–H and O–H groups in total. The van der Waals surface area contributed by atoms with Gasteiger partial charge in [-0.2, -0.15) is 0 Å². The maximum Gasteiger partial charge on any atom is 0.415 e. The molecule has 0 bridgehead atoms. The summed E-state index contributed by atoms with van der Waals surface area (Å²) >= 11 is 0. The van der Waals surface area contributed by atoms with Gasteiger partial charge >= 0.3 is 12.1 Å². The molecule has 0 spiro atoms. The van der Waals surface area contributed by atoms with Crippen molar-refractivity contribution in [2.75, 3.05) is 11.5 Å². The van der Waals surface area contributed by atoms with Gasteiger partial charge in [0, 0.05) is 12.3 Å². The van der Waals surface area contributed by atoms with Crippen molar-refractivity contribution >= 4 is 17.7 Å². The van der Waals surface area contributed by atoms with Gasteiger partial charge in [0.15, 0.2) is 0 Å². The summed E-state index contributed by atoms with van der Waals surface area (Å²) in [5.41, 5.74) is 6.00. The van der Waals surface area contributed by atoms with Crippen molar-refractivity contribution < 1.29 is 19.4 Å².